The summed E-state index contributed by atoms with van der Waals surface area (Å²) in [4.78, 5) is 11.2. The van der Waals surface area contributed by atoms with E-state index in [4.69, 9.17) is 10.8 Å². The van der Waals surface area contributed by atoms with Crippen LogP contribution in [0.25, 0.3) is 0 Å². The van der Waals surface area contributed by atoms with Crippen molar-refractivity contribution in [3.8, 4) is 11.5 Å². The lowest BCUT2D eigenvalue weighted by molar-refractivity contribution is -0.123. The van der Waals surface area contributed by atoms with Crippen molar-refractivity contribution in [2.75, 3.05) is 13.2 Å². The first-order valence-corrected chi connectivity index (χ1v) is 5.20. The molecule has 1 aromatic carbocycles. The van der Waals surface area contributed by atoms with Gasteiger partial charge in [-0.3, -0.25) is 4.79 Å². The summed E-state index contributed by atoms with van der Waals surface area (Å²) in [6, 6.07) is 3.69. The third kappa shape index (κ3) is 3.61. The third-order valence-electron chi connectivity index (χ3n) is 2.33. The number of amides is 1. The normalized spacial score (nSPS) is 12.1. The number of hydrogen-bond donors (Lipinski definition) is 5. The molecule has 1 amide bonds. The Labute approximate surface area is 98.7 Å². The van der Waals surface area contributed by atoms with Crippen LogP contribution >= 0.6 is 0 Å². The summed E-state index contributed by atoms with van der Waals surface area (Å²) in [5.74, 6) is -0.832. The summed E-state index contributed by atoms with van der Waals surface area (Å²) in [5, 5.41) is 29.9. The molecule has 0 radical (unpaired) electrons. The minimum absolute atomic E-state index is 0.187. The number of rotatable bonds is 5. The average molecular weight is 240 g/mol. The van der Waals surface area contributed by atoms with Crippen molar-refractivity contribution in [1.82, 2.24) is 5.32 Å². The number of aliphatic hydroxyl groups is 1. The Morgan fingerprint density at radius 3 is 2.76 bits per heavy atom. The van der Waals surface area contributed by atoms with Gasteiger partial charge in [-0.15, -0.1) is 0 Å². The Kier molecular flexibility index (Phi) is 4.74. The SMILES string of the molecule is NC(CO)C(=O)NCCc1cccc(O)c1O. The van der Waals surface area contributed by atoms with E-state index in [-0.39, 0.29) is 18.0 Å². The lowest BCUT2D eigenvalue weighted by atomic mass is 10.1. The first-order valence-electron chi connectivity index (χ1n) is 5.20. The number of carbonyl (C=O) groups excluding carboxylic acids is 1. The van der Waals surface area contributed by atoms with Crippen LogP contribution in [0.3, 0.4) is 0 Å². The number of hydrogen-bond acceptors (Lipinski definition) is 5. The molecule has 17 heavy (non-hydrogen) atoms. The van der Waals surface area contributed by atoms with Crippen molar-refractivity contribution in [2.45, 2.75) is 12.5 Å². The highest BCUT2D eigenvalue weighted by atomic mass is 16.3. The molecule has 6 N–H and O–H groups in total. The highest BCUT2D eigenvalue weighted by molar-refractivity contribution is 5.81. The highest BCUT2D eigenvalue weighted by Crippen LogP contribution is 2.28. The molecule has 0 aromatic heterocycles. The lowest BCUT2D eigenvalue weighted by Gasteiger charge is -2.10. The van der Waals surface area contributed by atoms with E-state index in [0.717, 1.165) is 0 Å². The zero-order valence-electron chi connectivity index (χ0n) is 9.26. The van der Waals surface area contributed by atoms with E-state index >= 15 is 0 Å². The molecule has 0 aliphatic rings. The Morgan fingerprint density at radius 1 is 1.41 bits per heavy atom. The predicted octanol–water partition coefficient (Wildman–Crippen LogP) is -0.924. The molecule has 1 rings (SSSR count). The molecule has 0 bridgehead atoms. The summed E-state index contributed by atoms with van der Waals surface area (Å²) in [5.41, 5.74) is 5.83. The number of aliphatic hydroxyl groups excluding tert-OH is 1. The monoisotopic (exact) mass is 240 g/mol. The van der Waals surface area contributed by atoms with Gasteiger partial charge in [-0.25, -0.2) is 0 Å². The minimum Gasteiger partial charge on any atom is -0.504 e. The lowest BCUT2D eigenvalue weighted by Crippen LogP contribution is -2.43. The molecule has 1 aromatic rings. The summed E-state index contributed by atoms with van der Waals surface area (Å²) < 4.78 is 0. The van der Waals surface area contributed by atoms with Crippen molar-refractivity contribution in [1.29, 1.82) is 0 Å². The van der Waals surface area contributed by atoms with E-state index in [1.165, 1.54) is 6.07 Å². The maximum absolute atomic E-state index is 11.2. The molecule has 6 heteroatoms. The van der Waals surface area contributed by atoms with E-state index < -0.39 is 18.6 Å². The Balaban J connectivity index is 2.46. The van der Waals surface area contributed by atoms with Crippen LogP contribution < -0.4 is 11.1 Å². The highest BCUT2D eigenvalue weighted by Gasteiger charge is 2.11. The average Bonchev–Trinajstić information content (AvgIpc) is 2.33. The fraction of sp³-hybridized carbons (Fsp3) is 0.364. The first-order chi connectivity index (χ1) is 8.06. The number of phenolic OH excluding ortho intramolecular Hbond substituents is 2. The van der Waals surface area contributed by atoms with Crippen molar-refractivity contribution >= 4 is 5.91 Å². The molecule has 0 aliphatic heterocycles. The second-order valence-electron chi connectivity index (χ2n) is 3.61. The molecule has 0 saturated carbocycles. The van der Waals surface area contributed by atoms with Gasteiger partial charge in [0.25, 0.3) is 0 Å². The number of benzene rings is 1. The van der Waals surface area contributed by atoms with Gasteiger partial charge in [-0.2, -0.15) is 0 Å². The number of aromatic hydroxyl groups is 2. The van der Waals surface area contributed by atoms with Crippen molar-refractivity contribution in [2.24, 2.45) is 5.73 Å². The van der Waals surface area contributed by atoms with Crippen LogP contribution in [0, 0.1) is 0 Å². The van der Waals surface area contributed by atoms with Crippen LogP contribution in [0.15, 0.2) is 18.2 Å². The predicted molar refractivity (Wildman–Crippen MR) is 61.5 cm³/mol. The van der Waals surface area contributed by atoms with Crippen molar-refractivity contribution in [3.05, 3.63) is 23.8 Å². The van der Waals surface area contributed by atoms with Crippen LogP contribution in [0.2, 0.25) is 0 Å². The molecule has 1 unspecified atom stereocenters. The van der Waals surface area contributed by atoms with Crippen LogP contribution in [0.5, 0.6) is 11.5 Å². The summed E-state index contributed by atoms with van der Waals surface area (Å²) in [6.45, 7) is -0.146. The summed E-state index contributed by atoms with van der Waals surface area (Å²) in [7, 11) is 0. The maximum Gasteiger partial charge on any atom is 0.239 e. The molecular formula is C11H16N2O4. The number of nitrogens with two attached hydrogens (primary N) is 1. The van der Waals surface area contributed by atoms with Gasteiger partial charge in [-0.05, 0) is 18.1 Å². The minimum atomic E-state index is -0.937. The second-order valence-corrected chi connectivity index (χ2v) is 3.61. The third-order valence-corrected chi connectivity index (χ3v) is 2.33. The molecule has 0 aliphatic carbocycles. The molecule has 0 fully saturated rings. The second kappa shape index (κ2) is 6.07. The van der Waals surface area contributed by atoms with Crippen LogP contribution in [0.1, 0.15) is 5.56 Å². The molecule has 0 heterocycles. The molecule has 0 spiro atoms. The number of phenols is 2. The van der Waals surface area contributed by atoms with Crippen molar-refractivity contribution in [3.63, 3.8) is 0 Å². The van der Waals surface area contributed by atoms with Crippen LogP contribution in [0.4, 0.5) is 0 Å². The van der Waals surface area contributed by atoms with Crippen LogP contribution in [-0.4, -0.2) is 40.4 Å². The summed E-state index contributed by atoms with van der Waals surface area (Å²) >= 11 is 0. The van der Waals surface area contributed by atoms with E-state index in [0.29, 0.717) is 12.0 Å². The largest absolute Gasteiger partial charge is 0.504 e. The van der Waals surface area contributed by atoms with Gasteiger partial charge < -0.3 is 26.4 Å². The van der Waals surface area contributed by atoms with Crippen molar-refractivity contribution < 1.29 is 20.1 Å². The van der Waals surface area contributed by atoms with Gasteiger partial charge in [0.05, 0.1) is 6.61 Å². The smallest absolute Gasteiger partial charge is 0.239 e. The molecular weight excluding hydrogens is 224 g/mol. The molecule has 0 saturated heterocycles. The standard InChI is InChI=1S/C11H16N2O4/c12-8(6-14)11(17)13-5-4-7-2-1-3-9(15)10(7)16/h1-3,8,14-16H,4-6,12H2,(H,13,17). The van der Waals surface area contributed by atoms with Gasteiger partial charge in [0.2, 0.25) is 5.91 Å². The van der Waals surface area contributed by atoms with E-state index in [9.17, 15) is 15.0 Å². The number of nitrogens with one attached hydrogen (secondary N) is 1. The molecule has 94 valence electrons. The molecule has 6 nitrogen and oxygen atoms in total. The quantitative estimate of drug-likeness (QED) is 0.427. The van der Waals surface area contributed by atoms with Gasteiger partial charge in [-0.1, -0.05) is 12.1 Å². The zero-order chi connectivity index (χ0) is 12.8. The zero-order valence-corrected chi connectivity index (χ0v) is 9.26. The fourth-order valence-electron chi connectivity index (χ4n) is 1.31. The Hall–Kier alpha value is -1.79. The van der Waals surface area contributed by atoms with Gasteiger partial charge >= 0.3 is 0 Å². The topological polar surface area (TPSA) is 116 Å². The van der Waals surface area contributed by atoms with E-state index in [1.54, 1.807) is 12.1 Å². The van der Waals surface area contributed by atoms with E-state index in [1.807, 2.05) is 0 Å². The number of carbonyl (C=O) groups is 1. The van der Waals surface area contributed by atoms with Gasteiger partial charge in [0.15, 0.2) is 11.5 Å². The molecule has 1 atom stereocenters. The Bertz CT molecular complexity index is 395. The number of para-hydroxylation sites is 1. The maximum atomic E-state index is 11.2. The summed E-state index contributed by atoms with van der Waals surface area (Å²) in [6.07, 6.45) is 0.365. The van der Waals surface area contributed by atoms with Gasteiger partial charge in [0.1, 0.15) is 6.04 Å². The Morgan fingerprint density at radius 2 is 2.12 bits per heavy atom. The van der Waals surface area contributed by atoms with E-state index in [2.05, 4.69) is 5.32 Å². The van der Waals surface area contributed by atoms with Crippen LogP contribution in [-0.2, 0) is 11.2 Å². The first kappa shape index (κ1) is 13.3. The van der Waals surface area contributed by atoms with Gasteiger partial charge in [0, 0.05) is 6.54 Å². The fourth-order valence-corrected chi connectivity index (χ4v) is 1.31.